The Morgan fingerprint density at radius 2 is 1.91 bits per heavy atom. The van der Waals surface area contributed by atoms with Gasteiger partial charge in [0.25, 0.3) is 0 Å². The number of aliphatic imine (C=N–C) groups is 1. The van der Waals surface area contributed by atoms with E-state index in [9.17, 15) is 5.11 Å². The van der Waals surface area contributed by atoms with Crippen LogP contribution < -0.4 is 4.74 Å². The first-order valence-corrected chi connectivity index (χ1v) is 7.49. The highest BCUT2D eigenvalue weighted by Crippen LogP contribution is 2.37. The maximum atomic E-state index is 9.95. The summed E-state index contributed by atoms with van der Waals surface area (Å²) in [5, 5.41) is 9.95. The molecular weight excluding hydrogens is 276 g/mol. The molecule has 0 unspecified atom stereocenters. The third-order valence-corrected chi connectivity index (χ3v) is 4.53. The fourth-order valence-corrected chi connectivity index (χ4v) is 3.32. The van der Waals surface area contributed by atoms with Crippen LogP contribution >= 0.6 is 0 Å². The van der Waals surface area contributed by atoms with E-state index in [4.69, 9.17) is 4.74 Å². The summed E-state index contributed by atoms with van der Waals surface area (Å²) in [4.78, 5) is 7.02. The van der Waals surface area contributed by atoms with Crippen LogP contribution in [0.15, 0.2) is 41.4 Å². The van der Waals surface area contributed by atoms with Crippen molar-refractivity contribution in [2.75, 3.05) is 7.11 Å². The molecule has 0 fully saturated rings. The molecule has 2 aromatic rings. The lowest BCUT2D eigenvalue weighted by molar-refractivity contribution is 0.212. The Kier molecular flexibility index (Phi) is 3.12. The minimum Gasteiger partial charge on any atom is -0.504 e. The Hall–Kier alpha value is -2.33. The molecule has 0 saturated heterocycles. The predicted molar refractivity (Wildman–Crippen MR) is 86.0 cm³/mol. The normalized spacial score (nSPS) is 19.8. The monoisotopic (exact) mass is 294 g/mol. The molecule has 1 N–H and O–H groups in total. The Balaban J connectivity index is 1.72. The van der Waals surface area contributed by atoms with Crippen molar-refractivity contribution in [2.45, 2.75) is 25.6 Å². The van der Waals surface area contributed by atoms with E-state index in [0.717, 1.165) is 30.8 Å². The average Bonchev–Trinajstić information content (AvgIpc) is 2.70. The van der Waals surface area contributed by atoms with Gasteiger partial charge in [-0.2, -0.15) is 0 Å². The highest BCUT2D eigenvalue weighted by molar-refractivity contribution is 5.73. The zero-order valence-electron chi connectivity index (χ0n) is 12.5. The first-order valence-electron chi connectivity index (χ1n) is 7.49. The molecule has 2 aliphatic heterocycles. The molecule has 4 rings (SSSR count). The molecule has 0 aromatic heterocycles. The van der Waals surface area contributed by atoms with Gasteiger partial charge in [-0.05, 0) is 29.2 Å². The summed E-state index contributed by atoms with van der Waals surface area (Å²) >= 11 is 0. The van der Waals surface area contributed by atoms with Gasteiger partial charge in [-0.25, -0.2) is 0 Å². The van der Waals surface area contributed by atoms with Gasteiger partial charge in [0.05, 0.1) is 12.8 Å². The Labute approximate surface area is 129 Å². The third kappa shape index (κ3) is 2.16. The Morgan fingerprint density at radius 1 is 1.14 bits per heavy atom. The summed E-state index contributed by atoms with van der Waals surface area (Å²) in [6, 6.07) is 12.5. The number of hydrogen-bond acceptors (Lipinski definition) is 4. The van der Waals surface area contributed by atoms with Gasteiger partial charge in [0.1, 0.15) is 0 Å². The highest BCUT2D eigenvalue weighted by Gasteiger charge is 2.27. The summed E-state index contributed by atoms with van der Waals surface area (Å²) < 4.78 is 5.22. The Morgan fingerprint density at radius 3 is 2.73 bits per heavy atom. The van der Waals surface area contributed by atoms with Crippen molar-refractivity contribution in [3.05, 3.63) is 53.1 Å². The van der Waals surface area contributed by atoms with Crippen molar-refractivity contribution >= 4 is 11.9 Å². The van der Waals surface area contributed by atoms with E-state index in [1.165, 1.54) is 11.1 Å². The number of aromatic hydroxyl groups is 1. The van der Waals surface area contributed by atoms with Crippen molar-refractivity contribution in [3.63, 3.8) is 0 Å². The van der Waals surface area contributed by atoms with Gasteiger partial charge in [-0.15, -0.1) is 0 Å². The number of nitrogens with zero attached hydrogens (tertiary/aromatic N) is 2. The lowest BCUT2D eigenvalue weighted by atomic mass is 9.94. The quantitative estimate of drug-likeness (QED) is 0.879. The van der Waals surface area contributed by atoms with E-state index in [0.29, 0.717) is 11.8 Å². The second-order valence-electron chi connectivity index (χ2n) is 5.88. The third-order valence-electron chi connectivity index (χ3n) is 4.53. The molecule has 0 radical (unpaired) electrons. The number of methoxy groups -OCH3 is 1. The van der Waals surface area contributed by atoms with Crippen molar-refractivity contribution < 1.29 is 9.84 Å². The smallest absolute Gasteiger partial charge is 0.160 e. The zero-order chi connectivity index (χ0) is 15.1. The van der Waals surface area contributed by atoms with Gasteiger partial charge in [-0.1, -0.05) is 24.3 Å². The summed E-state index contributed by atoms with van der Waals surface area (Å²) in [5.41, 5.74) is 4.72. The van der Waals surface area contributed by atoms with Crippen LogP contribution in [0.4, 0.5) is 5.69 Å². The topological polar surface area (TPSA) is 45.1 Å². The van der Waals surface area contributed by atoms with Crippen LogP contribution in [0.2, 0.25) is 0 Å². The van der Waals surface area contributed by atoms with E-state index >= 15 is 0 Å². The minimum absolute atomic E-state index is 0.140. The van der Waals surface area contributed by atoms with Gasteiger partial charge in [0.2, 0.25) is 0 Å². The molecule has 4 nitrogen and oxygen atoms in total. The zero-order valence-corrected chi connectivity index (χ0v) is 12.5. The van der Waals surface area contributed by atoms with E-state index in [1.54, 1.807) is 13.2 Å². The van der Waals surface area contributed by atoms with Crippen molar-refractivity contribution in [1.29, 1.82) is 0 Å². The number of benzene rings is 2. The molecule has 2 aliphatic rings. The first kappa shape index (κ1) is 13.3. The molecule has 0 aliphatic carbocycles. The first-order chi connectivity index (χ1) is 10.7. The molecule has 22 heavy (non-hydrogen) atoms. The molecule has 0 saturated carbocycles. The van der Waals surface area contributed by atoms with Crippen LogP contribution in [0.1, 0.15) is 16.7 Å². The second kappa shape index (κ2) is 5.14. The molecule has 0 bridgehead atoms. The number of hydrogen-bond donors (Lipinski definition) is 1. The summed E-state index contributed by atoms with van der Waals surface area (Å²) in [7, 11) is 1.57. The van der Waals surface area contributed by atoms with E-state index < -0.39 is 0 Å². The average molecular weight is 294 g/mol. The molecule has 112 valence electrons. The second-order valence-corrected chi connectivity index (χ2v) is 5.88. The van der Waals surface area contributed by atoms with Crippen LogP contribution in [-0.4, -0.2) is 29.4 Å². The SMILES string of the molecule is COc1cc2c(cc1O)N=C[C@@H]1Cc3ccccc3CN1C2. The molecule has 2 heterocycles. The largest absolute Gasteiger partial charge is 0.504 e. The fourth-order valence-electron chi connectivity index (χ4n) is 3.32. The van der Waals surface area contributed by atoms with Gasteiger partial charge in [-0.3, -0.25) is 9.89 Å². The lowest BCUT2D eigenvalue weighted by Gasteiger charge is -2.33. The van der Waals surface area contributed by atoms with Crippen molar-refractivity contribution in [3.8, 4) is 11.5 Å². The van der Waals surface area contributed by atoms with Crippen LogP contribution in [0, 0.1) is 0 Å². The van der Waals surface area contributed by atoms with Crippen LogP contribution in [0.3, 0.4) is 0 Å². The lowest BCUT2D eigenvalue weighted by Crippen LogP contribution is -2.40. The molecule has 0 spiro atoms. The van der Waals surface area contributed by atoms with Gasteiger partial charge >= 0.3 is 0 Å². The molecule has 4 heteroatoms. The number of ether oxygens (including phenoxy) is 1. The maximum Gasteiger partial charge on any atom is 0.160 e. The Bertz CT molecular complexity index is 755. The molecule has 1 atom stereocenters. The fraction of sp³-hybridized carbons (Fsp3) is 0.278. The summed E-state index contributed by atoms with van der Waals surface area (Å²) in [6.07, 6.45) is 2.99. The van der Waals surface area contributed by atoms with Crippen molar-refractivity contribution in [1.82, 2.24) is 4.90 Å². The van der Waals surface area contributed by atoms with Crippen LogP contribution in [-0.2, 0) is 19.5 Å². The minimum atomic E-state index is 0.140. The van der Waals surface area contributed by atoms with Crippen molar-refractivity contribution in [2.24, 2.45) is 4.99 Å². The summed E-state index contributed by atoms with van der Waals surface area (Å²) in [6.45, 7) is 1.74. The number of rotatable bonds is 1. The van der Waals surface area contributed by atoms with Crippen LogP contribution in [0.25, 0.3) is 0 Å². The van der Waals surface area contributed by atoms with Gasteiger partial charge < -0.3 is 9.84 Å². The highest BCUT2D eigenvalue weighted by atomic mass is 16.5. The predicted octanol–water partition coefficient (Wildman–Crippen LogP) is 3.04. The standard InChI is InChI=1S/C18H18N2O2/c1-22-18-7-14-11-20-10-13-5-3-2-4-12(13)6-15(20)9-19-16(14)8-17(18)21/h2-5,7-9,15,21H,6,10-11H2,1H3/t15-/m0/s1. The molecule has 0 amide bonds. The van der Waals surface area contributed by atoms with E-state index in [-0.39, 0.29) is 5.75 Å². The van der Waals surface area contributed by atoms with Gasteiger partial charge in [0, 0.05) is 31.4 Å². The maximum absolute atomic E-state index is 9.95. The summed E-state index contributed by atoms with van der Waals surface area (Å²) in [5.74, 6) is 0.645. The number of phenolic OH excluding ortho intramolecular Hbond substituents is 1. The number of phenols is 1. The van der Waals surface area contributed by atoms with Gasteiger partial charge in [0.15, 0.2) is 11.5 Å². The molecule has 2 aromatic carbocycles. The van der Waals surface area contributed by atoms with Crippen LogP contribution in [0.5, 0.6) is 11.5 Å². The molecular formula is C18H18N2O2. The van der Waals surface area contributed by atoms with E-state index in [1.807, 2.05) is 12.3 Å². The number of fused-ring (bicyclic) bond motifs is 3. The van der Waals surface area contributed by atoms with E-state index in [2.05, 4.69) is 34.2 Å².